The van der Waals surface area contributed by atoms with Gasteiger partial charge in [0.15, 0.2) is 11.5 Å². The van der Waals surface area contributed by atoms with Gasteiger partial charge in [0.05, 0.1) is 149 Å². The third-order valence-corrected chi connectivity index (χ3v) is 9.69. The molecular weight excluding hydrogens is 1000 g/mol. The minimum absolute atomic E-state index is 0.0398. The summed E-state index contributed by atoms with van der Waals surface area (Å²) < 4.78 is 69.9. The van der Waals surface area contributed by atoms with Crippen LogP contribution in [0.3, 0.4) is 0 Å². The number of benzene rings is 1. The summed E-state index contributed by atoms with van der Waals surface area (Å²) in [6.07, 6.45) is 0. The SMILES string of the molecule is CC(C)(C)OCCOCCOCCOc1cc(CNC(=O)CN(CCN(CCN(CC(=O)O)CC(=O)O)CC(=O)O)CC(=O)O)cc(OCCOCCOCCOC(C)(C)C)c1OCCOCCOCCOC(C)(C)C. The van der Waals surface area contributed by atoms with Crippen LogP contribution < -0.4 is 19.5 Å². The zero-order chi connectivity index (χ0) is 56.8. The summed E-state index contributed by atoms with van der Waals surface area (Å²) in [7, 11) is 0. The summed E-state index contributed by atoms with van der Waals surface area (Å²) >= 11 is 0. The fourth-order valence-corrected chi connectivity index (χ4v) is 6.39. The number of rotatable bonds is 48. The van der Waals surface area contributed by atoms with Gasteiger partial charge in [-0.25, -0.2) is 0 Å². The highest BCUT2D eigenvalue weighted by Gasteiger charge is 2.22. The molecule has 25 nitrogen and oxygen atoms in total. The second kappa shape index (κ2) is 39.8. The Bertz CT molecular complexity index is 1700. The molecule has 1 aromatic carbocycles. The molecule has 0 aromatic heterocycles. The third-order valence-electron chi connectivity index (χ3n) is 9.69. The van der Waals surface area contributed by atoms with Gasteiger partial charge in [-0.3, -0.25) is 38.7 Å². The van der Waals surface area contributed by atoms with Gasteiger partial charge in [0.25, 0.3) is 0 Å². The summed E-state index contributed by atoms with van der Waals surface area (Å²) in [6.45, 7) is 20.1. The van der Waals surface area contributed by atoms with E-state index in [2.05, 4.69) is 5.32 Å². The Balaban J connectivity index is 3.24. The molecule has 0 aliphatic rings. The van der Waals surface area contributed by atoms with E-state index in [1.165, 1.54) is 9.80 Å². The van der Waals surface area contributed by atoms with E-state index in [0.717, 1.165) is 4.90 Å². The quantitative estimate of drug-likeness (QED) is 0.0585. The summed E-state index contributed by atoms with van der Waals surface area (Å²) in [4.78, 5) is 63.5. The van der Waals surface area contributed by atoms with E-state index in [-0.39, 0.29) is 106 Å². The van der Waals surface area contributed by atoms with Gasteiger partial charge in [0.1, 0.15) is 19.8 Å². The average Bonchev–Trinajstić information content (AvgIpc) is 3.29. The van der Waals surface area contributed by atoms with Crippen LogP contribution in [0.15, 0.2) is 12.1 Å². The zero-order valence-electron chi connectivity index (χ0n) is 46.5. The average molecular weight is 1100 g/mol. The van der Waals surface area contributed by atoms with Crippen molar-refractivity contribution in [2.24, 2.45) is 0 Å². The largest absolute Gasteiger partial charge is 0.487 e. The normalized spacial score (nSPS) is 12.2. The predicted octanol–water partition coefficient (Wildman–Crippen LogP) is 2.23. The number of nitrogens with one attached hydrogen (secondary N) is 1. The maximum Gasteiger partial charge on any atom is 0.317 e. The first-order valence-electron chi connectivity index (χ1n) is 25.6. The van der Waals surface area contributed by atoms with Gasteiger partial charge in [-0.15, -0.1) is 0 Å². The van der Waals surface area contributed by atoms with Crippen LogP contribution in [0.1, 0.15) is 67.9 Å². The highest BCUT2D eigenvalue weighted by Crippen LogP contribution is 2.39. The van der Waals surface area contributed by atoms with Crippen molar-refractivity contribution in [2.45, 2.75) is 85.7 Å². The summed E-state index contributed by atoms with van der Waals surface area (Å²) in [5.41, 5.74) is -0.282. The van der Waals surface area contributed by atoms with Crippen LogP contribution in [-0.2, 0) is 73.1 Å². The van der Waals surface area contributed by atoms with E-state index in [9.17, 15) is 44.4 Å². The van der Waals surface area contributed by atoms with Crippen molar-refractivity contribution in [2.75, 3.05) is 178 Å². The minimum Gasteiger partial charge on any atom is -0.487 e. The van der Waals surface area contributed by atoms with E-state index in [4.69, 9.17) is 56.8 Å². The number of hydrogen-bond donors (Lipinski definition) is 5. The molecule has 76 heavy (non-hydrogen) atoms. The Labute approximate surface area is 448 Å². The molecule has 0 radical (unpaired) electrons. The highest BCUT2D eigenvalue weighted by molar-refractivity contribution is 5.79. The van der Waals surface area contributed by atoms with E-state index in [0.29, 0.717) is 84.8 Å². The molecule has 0 saturated heterocycles. The molecule has 0 aliphatic heterocycles. The predicted molar refractivity (Wildman–Crippen MR) is 277 cm³/mol. The van der Waals surface area contributed by atoms with Crippen molar-refractivity contribution in [3.63, 3.8) is 0 Å². The number of carboxylic acid groups (broad SMARTS) is 4. The topological polar surface area (TPSA) is 299 Å². The van der Waals surface area contributed by atoms with E-state index in [1.54, 1.807) is 12.1 Å². The molecule has 25 heteroatoms. The van der Waals surface area contributed by atoms with Crippen molar-refractivity contribution in [3.8, 4) is 17.2 Å². The minimum atomic E-state index is -1.26. The number of ether oxygens (including phenoxy) is 12. The van der Waals surface area contributed by atoms with Gasteiger partial charge < -0.3 is 82.6 Å². The summed E-state index contributed by atoms with van der Waals surface area (Å²) in [5.74, 6) is -4.75. The molecule has 0 unspecified atom stereocenters. The molecule has 5 N–H and O–H groups in total. The van der Waals surface area contributed by atoms with Gasteiger partial charge in [-0.05, 0) is 80.0 Å². The highest BCUT2D eigenvalue weighted by atomic mass is 16.6. The van der Waals surface area contributed by atoms with Gasteiger partial charge in [-0.2, -0.15) is 0 Å². The molecule has 440 valence electrons. The molecule has 0 saturated carbocycles. The standard InChI is InChI=1S/C51H90N4O21/c1-49(2,3)74-29-23-68-17-14-65-20-26-71-41-32-40(34-52-43(56)35-54(37-45(59)60)12-10-53(36-44(57)58)11-13-55(38-46(61)62)39-47(63)64)33-42(72-27-21-66-15-18-69-24-30-75-50(4,5)6)48(41)73-28-22-67-16-19-70-25-31-76-51(7,8)9/h32-33H,10-31,34-39H2,1-9H3,(H,52,56)(H,57,58)(H,59,60)(H,61,62)(H,63,64). The smallest absolute Gasteiger partial charge is 0.317 e. The molecule has 0 fully saturated rings. The second-order valence-corrected chi connectivity index (χ2v) is 20.1. The van der Waals surface area contributed by atoms with Gasteiger partial charge in [0.2, 0.25) is 11.7 Å². The molecule has 1 rings (SSSR count). The van der Waals surface area contributed by atoms with Gasteiger partial charge in [-0.1, -0.05) is 0 Å². The maximum atomic E-state index is 13.5. The molecular formula is C51H90N4O21. The fraction of sp³-hybridized carbons (Fsp3) is 0.784. The Hall–Kier alpha value is -4.51. The molecule has 0 heterocycles. The van der Waals surface area contributed by atoms with Gasteiger partial charge in [0, 0.05) is 32.7 Å². The fourth-order valence-electron chi connectivity index (χ4n) is 6.39. The summed E-state index contributed by atoms with van der Waals surface area (Å²) in [5, 5.41) is 40.5. The molecule has 0 aliphatic carbocycles. The number of amides is 1. The molecule has 0 spiro atoms. The van der Waals surface area contributed by atoms with Crippen molar-refractivity contribution >= 4 is 29.8 Å². The lowest BCUT2D eigenvalue weighted by atomic mass is 10.1. The number of carbonyl (C=O) groups is 5. The molecule has 1 aromatic rings. The van der Waals surface area contributed by atoms with Crippen molar-refractivity contribution in [1.82, 2.24) is 20.0 Å². The van der Waals surface area contributed by atoms with E-state index < -0.39 is 62.5 Å². The number of nitrogens with zero attached hydrogens (tertiary/aromatic N) is 3. The van der Waals surface area contributed by atoms with Crippen molar-refractivity contribution < 1.29 is 101 Å². The van der Waals surface area contributed by atoms with E-state index in [1.807, 2.05) is 62.3 Å². The lowest BCUT2D eigenvalue weighted by Gasteiger charge is -2.27. The number of carboxylic acids is 4. The number of carbonyl (C=O) groups excluding carboxylic acids is 1. The maximum absolute atomic E-state index is 13.5. The van der Waals surface area contributed by atoms with Crippen LogP contribution in [0.5, 0.6) is 17.2 Å². The van der Waals surface area contributed by atoms with Gasteiger partial charge >= 0.3 is 23.9 Å². The third kappa shape index (κ3) is 41.6. The first-order valence-corrected chi connectivity index (χ1v) is 25.6. The van der Waals surface area contributed by atoms with Crippen LogP contribution >= 0.6 is 0 Å². The van der Waals surface area contributed by atoms with Crippen molar-refractivity contribution in [3.05, 3.63) is 17.7 Å². The lowest BCUT2D eigenvalue weighted by molar-refractivity contribution is -0.143. The monoisotopic (exact) mass is 1090 g/mol. The molecule has 1 amide bonds. The van der Waals surface area contributed by atoms with Crippen LogP contribution in [0, 0.1) is 0 Å². The molecule has 0 atom stereocenters. The van der Waals surface area contributed by atoms with Crippen LogP contribution in [0.25, 0.3) is 0 Å². The van der Waals surface area contributed by atoms with Crippen LogP contribution in [-0.4, -0.2) is 260 Å². The van der Waals surface area contributed by atoms with Crippen molar-refractivity contribution in [1.29, 1.82) is 0 Å². The Morgan fingerprint density at radius 1 is 0.395 bits per heavy atom. The Morgan fingerprint density at radius 3 is 1.00 bits per heavy atom. The number of hydrogen-bond acceptors (Lipinski definition) is 20. The van der Waals surface area contributed by atoms with E-state index >= 15 is 0 Å². The Morgan fingerprint density at radius 2 is 0.671 bits per heavy atom. The number of aliphatic carboxylic acids is 4. The van der Waals surface area contributed by atoms with Crippen LogP contribution in [0.4, 0.5) is 0 Å². The second-order valence-electron chi connectivity index (χ2n) is 20.1. The summed E-state index contributed by atoms with van der Waals surface area (Å²) in [6, 6.07) is 3.34. The van der Waals surface area contributed by atoms with Crippen LogP contribution in [0.2, 0.25) is 0 Å². The lowest BCUT2D eigenvalue weighted by Crippen LogP contribution is -2.46. The molecule has 0 bridgehead atoms. The Kier molecular flexibility index (Phi) is 36.4. The first kappa shape index (κ1) is 69.5. The first-order chi connectivity index (χ1) is 35.8. The zero-order valence-corrected chi connectivity index (χ0v) is 46.5.